The molecule has 30 heavy (non-hydrogen) atoms. The predicted molar refractivity (Wildman–Crippen MR) is 123 cm³/mol. The number of rotatable bonds is 8. The minimum absolute atomic E-state index is 0.0274. The summed E-state index contributed by atoms with van der Waals surface area (Å²) in [5, 5.41) is 16.4. The molecule has 3 N–H and O–H groups in total. The first-order chi connectivity index (χ1) is 14.7. The Bertz CT molecular complexity index is 772. The molecule has 1 aromatic heterocycles. The van der Waals surface area contributed by atoms with Gasteiger partial charge in [0.2, 0.25) is 0 Å². The van der Waals surface area contributed by atoms with Crippen molar-refractivity contribution < 1.29 is 5.11 Å². The lowest BCUT2D eigenvalue weighted by atomic mass is 10.0. The van der Waals surface area contributed by atoms with Crippen molar-refractivity contribution in [2.24, 2.45) is 4.99 Å². The molecule has 1 unspecified atom stereocenters. The molecule has 0 saturated carbocycles. The van der Waals surface area contributed by atoms with Gasteiger partial charge in [0.1, 0.15) is 5.82 Å². The molecule has 1 saturated heterocycles. The van der Waals surface area contributed by atoms with Crippen LogP contribution in [0, 0.1) is 0 Å². The van der Waals surface area contributed by atoms with Crippen LogP contribution < -0.4 is 15.5 Å². The van der Waals surface area contributed by atoms with E-state index in [0.29, 0.717) is 13.1 Å². The van der Waals surface area contributed by atoms with Crippen molar-refractivity contribution >= 4 is 11.8 Å². The zero-order valence-electron chi connectivity index (χ0n) is 18.1. The van der Waals surface area contributed by atoms with Crippen molar-refractivity contribution in [1.29, 1.82) is 0 Å². The number of likely N-dealkylation sites (N-methyl/N-ethyl adjacent to an activating group) is 1. The van der Waals surface area contributed by atoms with Gasteiger partial charge in [0.05, 0.1) is 13.2 Å². The molecule has 1 atom stereocenters. The molecule has 0 spiro atoms. The molecule has 1 aliphatic rings. The Morgan fingerprint density at radius 1 is 1.10 bits per heavy atom. The van der Waals surface area contributed by atoms with Crippen LogP contribution in [0.15, 0.2) is 53.7 Å². The number of aromatic nitrogens is 1. The number of guanidine groups is 1. The highest BCUT2D eigenvalue weighted by Crippen LogP contribution is 2.15. The maximum Gasteiger partial charge on any atom is 0.191 e. The van der Waals surface area contributed by atoms with Crippen molar-refractivity contribution in [3.8, 4) is 0 Å². The molecule has 3 rings (SSSR count). The molecule has 7 heteroatoms. The van der Waals surface area contributed by atoms with E-state index in [1.165, 1.54) is 0 Å². The fraction of sp³-hybridized carbons (Fsp3) is 0.478. The molecule has 1 aliphatic heterocycles. The van der Waals surface area contributed by atoms with E-state index in [1.807, 2.05) is 43.5 Å². The number of nitrogens with zero attached hydrogens (tertiary/aromatic N) is 4. The third-order valence-corrected chi connectivity index (χ3v) is 5.41. The van der Waals surface area contributed by atoms with E-state index < -0.39 is 0 Å². The molecule has 2 aromatic rings. The molecule has 7 nitrogen and oxygen atoms in total. The highest BCUT2D eigenvalue weighted by molar-refractivity contribution is 5.79. The largest absolute Gasteiger partial charge is 0.396 e. The van der Waals surface area contributed by atoms with Crippen molar-refractivity contribution in [1.82, 2.24) is 20.5 Å². The molecule has 1 fully saturated rings. The van der Waals surface area contributed by atoms with Crippen LogP contribution in [0.4, 0.5) is 5.82 Å². The number of aliphatic hydroxyl groups is 1. The number of nitrogens with one attached hydrogen (secondary N) is 2. The average molecular weight is 411 g/mol. The van der Waals surface area contributed by atoms with Crippen molar-refractivity contribution in [3.05, 3.63) is 59.8 Å². The summed E-state index contributed by atoms with van der Waals surface area (Å²) in [5.74, 6) is 1.81. The molecular weight excluding hydrogens is 376 g/mol. The third kappa shape index (κ3) is 6.43. The van der Waals surface area contributed by atoms with Crippen LogP contribution in [0.5, 0.6) is 0 Å². The van der Waals surface area contributed by atoms with Crippen LogP contribution in [0.2, 0.25) is 0 Å². The second-order valence-electron chi connectivity index (χ2n) is 7.68. The normalized spacial score (nSPS) is 16.4. The Morgan fingerprint density at radius 2 is 1.87 bits per heavy atom. The van der Waals surface area contributed by atoms with Crippen molar-refractivity contribution in [3.63, 3.8) is 0 Å². The minimum Gasteiger partial charge on any atom is -0.396 e. The van der Waals surface area contributed by atoms with E-state index in [0.717, 1.165) is 55.6 Å². The number of benzene rings is 1. The SMILES string of the molecule is CCNC(=NCc1ccc(N2CCN(C)CC2)nc1)NCC(CO)c1ccccc1. The van der Waals surface area contributed by atoms with Crippen molar-refractivity contribution in [2.45, 2.75) is 19.4 Å². The number of hydrogen-bond acceptors (Lipinski definition) is 5. The molecule has 162 valence electrons. The zero-order valence-corrected chi connectivity index (χ0v) is 18.1. The molecule has 0 amide bonds. The van der Waals surface area contributed by atoms with E-state index >= 15 is 0 Å². The van der Waals surface area contributed by atoms with Crippen LogP contribution in [-0.2, 0) is 6.54 Å². The summed E-state index contributed by atoms with van der Waals surface area (Å²) in [6, 6.07) is 14.3. The lowest BCUT2D eigenvalue weighted by Crippen LogP contribution is -2.44. The number of anilines is 1. The standard InChI is InChI=1S/C23H34N6O/c1-3-24-23(27-17-21(18-30)20-7-5-4-6-8-20)26-16-19-9-10-22(25-15-19)29-13-11-28(2)12-14-29/h4-10,15,21,30H,3,11-14,16-18H2,1-2H3,(H2,24,26,27). The maximum absolute atomic E-state index is 9.76. The van der Waals surface area contributed by atoms with Gasteiger partial charge in [0.25, 0.3) is 0 Å². The fourth-order valence-electron chi connectivity index (χ4n) is 3.48. The first kappa shape index (κ1) is 22.1. The summed E-state index contributed by atoms with van der Waals surface area (Å²) < 4.78 is 0. The van der Waals surface area contributed by atoms with Crippen molar-refractivity contribution in [2.75, 3.05) is 57.8 Å². The van der Waals surface area contributed by atoms with Gasteiger partial charge in [-0.1, -0.05) is 36.4 Å². The first-order valence-electron chi connectivity index (χ1n) is 10.8. The molecule has 0 bridgehead atoms. The van der Waals surface area contributed by atoms with E-state index in [2.05, 4.69) is 49.6 Å². The Kier molecular flexibility index (Phi) is 8.47. The summed E-state index contributed by atoms with van der Waals surface area (Å²) in [6.45, 7) is 8.27. The lowest BCUT2D eigenvalue weighted by molar-refractivity contribution is 0.265. The van der Waals surface area contributed by atoms with Crippen LogP contribution >= 0.6 is 0 Å². The second-order valence-corrected chi connectivity index (χ2v) is 7.68. The average Bonchev–Trinajstić information content (AvgIpc) is 2.79. The maximum atomic E-state index is 9.76. The summed E-state index contributed by atoms with van der Waals surface area (Å²) >= 11 is 0. The van der Waals surface area contributed by atoms with Crippen LogP contribution in [0.1, 0.15) is 24.0 Å². The van der Waals surface area contributed by atoms with Gasteiger partial charge in [-0.3, -0.25) is 0 Å². The van der Waals surface area contributed by atoms with Gasteiger partial charge < -0.3 is 25.5 Å². The van der Waals surface area contributed by atoms with Crippen LogP contribution in [0.25, 0.3) is 0 Å². The summed E-state index contributed by atoms with van der Waals surface area (Å²) in [7, 11) is 2.16. The number of pyridine rings is 1. The lowest BCUT2D eigenvalue weighted by Gasteiger charge is -2.33. The molecular formula is C23H34N6O. The summed E-state index contributed by atoms with van der Waals surface area (Å²) in [5.41, 5.74) is 2.19. The third-order valence-electron chi connectivity index (χ3n) is 5.41. The highest BCUT2D eigenvalue weighted by Gasteiger charge is 2.15. The van der Waals surface area contributed by atoms with Gasteiger partial charge in [-0.2, -0.15) is 0 Å². The monoisotopic (exact) mass is 410 g/mol. The molecule has 1 aromatic carbocycles. The quantitative estimate of drug-likeness (QED) is 0.454. The first-order valence-corrected chi connectivity index (χ1v) is 10.8. The van der Waals surface area contributed by atoms with Gasteiger partial charge in [0, 0.05) is 51.4 Å². The van der Waals surface area contributed by atoms with E-state index in [-0.39, 0.29) is 12.5 Å². The number of aliphatic hydroxyl groups excluding tert-OH is 1. The van der Waals surface area contributed by atoms with Crippen LogP contribution in [0.3, 0.4) is 0 Å². The summed E-state index contributed by atoms with van der Waals surface area (Å²) in [4.78, 5) is 14.0. The van der Waals surface area contributed by atoms with Gasteiger partial charge in [-0.15, -0.1) is 0 Å². The topological polar surface area (TPSA) is 76.0 Å². The Balaban J connectivity index is 1.56. The van der Waals surface area contributed by atoms with Gasteiger partial charge in [-0.05, 0) is 31.2 Å². The minimum atomic E-state index is 0.0274. The number of piperazine rings is 1. The number of aliphatic imine (C=N–C) groups is 1. The van der Waals surface area contributed by atoms with Gasteiger partial charge >= 0.3 is 0 Å². The van der Waals surface area contributed by atoms with E-state index in [9.17, 15) is 5.11 Å². The Morgan fingerprint density at radius 3 is 2.50 bits per heavy atom. The fourth-order valence-corrected chi connectivity index (χ4v) is 3.48. The highest BCUT2D eigenvalue weighted by atomic mass is 16.3. The number of hydrogen-bond donors (Lipinski definition) is 3. The summed E-state index contributed by atoms with van der Waals surface area (Å²) in [6.07, 6.45) is 1.92. The molecule has 0 radical (unpaired) electrons. The van der Waals surface area contributed by atoms with Gasteiger partial charge in [0.15, 0.2) is 5.96 Å². The Hall–Kier alpha value is -2.64. The smallest absolute Gasteiger partial charge is 0.191 e. The van der Waals surface area contributed by atoms with Gasteiger partial charge in [-0.25, -0.2) is 9.98 Å². The zero-order chi connectivity index (χ0) is 21.2. The molecule has 2 heterocycles. The molecule has 0 aliphatic carbocycles. The van der Waals surface area contributed by atoms with E-state index in [1.54, 1.807) is 0 Å². The Labute approximate surface area is 179 Å². The van der Waals surface area contributed by atoms with E-state index in [4.69, 9.17) is 0 Å². The van der Waals surface area contributed by atoms with Crippen LogP contribution in [-0.4, -0.2) is 73.9 Å². The predicted octanol–water partition coefficient (Wildman–Crippen LogP) is 1.66. The second kappa shape index (κ2) is 11.5.